The zero-order valence-corrected chi connectivity index (χ0v) is 15.3. The summed E-state index contributed by atoms with van der Waals surface area (Å²) in [6.07, 6.45) is 0. The van der Waals surface area contributed by atoms with Crippen LogP contribution < -0.4 is 20.1 Å². The first-order valence-electron chi connectivity index (χ1n) is 6.95. The van der Waals surface area contributed by atoms with Crippen LogP contribution in [0.4, 0.5) is 0 Å². The number of rotatable bonds is 6. The maximum Gasteiger partial charge on any atom is 0.223 e. The van der Waals surface area contributed by atoms with Crippen molar-refractivity contribution in [3.8, 4) is 11.5 Å². The summed E-state index contributed by atoms with van der Waals surface area (Å²) in [7, 11) is 3.19. The van der Waals surface area contributed by atoms with Crippen LogP contribution in [0.1, 0.15) is 12.5 Å². The molecule has 0 aromatic heterocycles. The number of carbonyl (C=O) groups is 1. The second-order valence-corrected chi connectivity index (χ2v) is 6.08. The van der Waals surface area contributed by atoms with Crippen molar-refractivity contribution in [3.63, 3.8) is 0 Å². The molecule has 1 aromatic rings. The van der Waals surface area contributed by atoms with E-state index in [2.05, 4.69) is 26.6 Å². The van der Waals surface area contributed by atoms with Crippen molar-refractivity contribution < 1.29 is 14.3 Å². The monoisotopic (exact) mass is 392 g/mol. The topological polar surface area (TPSA) is 59.6 Å². The molecule has 22 heavy (non-hydrogen) atoms. The van der Waals surface area contributed by atoms with Crippen LogP contribution in [0.25, 0.3) is 0 Å². The van der Waals surface area contributed by atoms with Gasteiger partial charge in [-0.15, -0.1) is 12.4 Å². The first kappa shape index (κ1) is 19.1. The van der Waals surface area contributed by atoms with Crippen LogP contribution in [0.2, 0.25) is 0 Å². The van der Waals surface area contributed by atoms with Crippen LogP contribution in [-0.4, -0.2) is 33.2 Å². The molecule has 0 spiro atoms. The van der Waals surface area contributed by atoms with Crippen LogP contribution in [0, 0.1) is 11.8 Å². The number of benzene rings is 1. The number of ether oxygens (including phenoxy) is 2. The molecule has 5 nitrogen and oxygen atoms in total. The minimum atomic E-state index is 0. The van der Waals surface area contributed by atoms with Crippen molar-refractivity contribution in [1.29, 1.82) is 0 Å². The zero-order chi connectivity index (χ0) is 15.4. The lowest BCUT2D eigenvalue weighted by atomic mass is 9.88. The first-order chi connectivity index (χ1) is 10.1. The predicted molar refractivity (Wildman–Crippen MR) is 91.9 cm³/mol. The maximum absolute atomic E-state index is 12.1. The van der Waals surface area contributed by atoms with Gasteiger partial charge < -0.3 is 20.1 Å². The Morgan fingerprint density at radius 1 is 1.36 bits per heavy atom. The summed E-state index contributed by atoms with van der Waals surface area (Å²) < 4.78 is 11.4. The van der Waals surface area contributed by atoms with E-state index in [1.54, 1.807) is 14.2 Å². The average Bonchev–Trinajstić information content (AvgIpc) is 2.43. The van der Waals surface area contributed by atoms with E-state index >= 15 is 0 Å². The minimum Gasteiger partial charge on any atom is -0.493 e. The summed E-state index contributed by atoms with van der Waals surface area (Å²) in [4.78, 5) is 12.1. The van der Waals surface area contributed by atoms with E-state index in [4.69, 9.17) is 9.47 Å². The Labute approximate surface area is 145 Å². The summed E-state index contributed by atoms with van der Waals surface area (Å²) in [5.74, 6) is 1.88. The molecule has 1 unspecified atom stereocenters. The van der Waals surface area contributed by atoms with Gasteiger partial charge in [-0.1, -0.05) is 22.9 Å². The minimum absolute atomic E-state index is 0. The molecule has 1 aromatic carbocycles. The summed E-state index contributed by atoms with van der Waals surface area (Å²) in [5, 5.41) is 6.17. The molecule has 0 bridgehead atoms. The molecular weight excluding hydrogens is 372 g/mol. The van der Waals surface area contributed by atoms with Crippen molar-refractivity contribution >= 4 is 34.2 Å². The van der Waals surface area contributed by atoms with Gasteiger partial charge in [0.15, 0.2) is 11.5 Å². The second-order valence-electron chi connectivity index (χ2n) is 5.22. The quantitative estimate of drug-likeness (QED) is 0.779. The molecule has 0 aliphatic carbocycles. The molecular formula is C15H22BrClN2O3. The Bertz CT molecular complexity index is 524. The number of nitrogens with one attached hydrogen (secondary N) is 2. The van der Waals surface area contributed by atoms with Crippen LogP contribution in [-0.2, 0) is 11.3 Å². The van der Waals surface area contributed by atoms with E-state index in [0.717, 1.165) is 23.1 Å². The Balaban J connectivity index is 0.00000242. The van der Waals surface area contributed by atoms with Gasteiger partial charge in [0.1, 0.15) is 0 Å². The average molecular weight is 394 g/mol. The number of hydrogen-bond donors (Lipinski definition) is 2. The lowest BCUT2D eigenvalue weighted by Crippen LogP contribution is -2.49. The fourth-order valence-electron chi connectivity index (χ4n) is 2.25. The highest BCUT2D eigenvalue weighted by molar-refractivity contribution is 9.10. The molecule has 1 aliphatic heterocycles. The van der Waals surface area contributed by atoms with Gasteiger partial charge in [0, 0.05) is 16.9 Å². The van der Waals surface area contributed by atoms with Gasteiger partial charge in [-0.2, -0.15) is 0 Å². The number of hydrogen-bond acceptors (Lipinski definition) is 4. The number of methoxy groups -OCH3 is 2. The molecule has 1 saturated heterocycles. The summed E-state index contributed by atoms with van der Waals surface area (Å²) in [5.41, 5.74) is 0.958. The van der Waals surface area contributed by atoms with Gasteiger partial charge in [-0.05, 0) is 36.7 Å². The van der Waals surface area contributed by atoms with E-state index in [-0.39, 0.29) is 24.2 Å². The summed E-state index contributed by atoms with van der Waals surface area (Å²) in [6, 6.07) is 3.72. The first-order valence-corrected chi connectivity index (χ1v) is 7.75. The largest absolute Gasteiger partial charge is 0.493 e. The Morgan fingerprint density at radius 3 is 2.45 bits per heavy atom. The SMILES string of the molecule is COc1cc(Br)c(CNC(=O)C(C)C2CNC2)cc1OC.Cl. The third-order valence-corrected chi connectivity index (χ3v) is 4.68. The van der Waals surface area contributed by atoms with Crippen LogP contribution in [0.15, 0.2) is 16.6 Å². The van der Waals surface area contributed by atoms with Crippen molar-refractivity contribution in [2.24, 2.45) is 11.8 Å². The van der Waals surface area contributed by atoms with Gasteiger partial charge in [-0.3, -0.25) is 4.79 Å². The van der Waals surface area contributed by atoms with Gasteiger partial charge in [-0.25, -0.2) is 0 Å². The third kappa shape index (κ3) is 4.27. The van der Waals surface area contributed by atoms with Gasteiger partial charge >= 0.3 is 0 Å². The molecule has 2 rings (SSSR count). The Hall–Kier alpha value is -0.980. The fourth-order valence-corrected chi connectivity index (χ4v) is 2.72. The fraction of sp³-hybridized carbons (Fsp3) is 0.533. The van der Waals surface area contributed by atoms with Gasteiger partial charge in [0.2, 0.25) is 5.91 Å². The van der Waals surface area contributed by atoms with Crippen molar-refractivity contribution in [2.45, 2.75) is 13.5 Å². The lowest BCUT2D eigenvalue weighted by molar-refractivity contribution is -0.126. The van der Waals surface area contributed by atoms with E-state index in [0.29, 0.717) is 24.0 Å². The second kappa shape index (κ2) is 8.60. The summed E-state index contributed by atoms with van der Waals surface area (Å²) >= 11 is 3.50. The van der Waals surface area contributed by atoms with Crippen LogP contribution in [0.3, 0.4) is 0 Å². The molecule has 2 N–H and O–H groups in total. The highest BCUT2D eigenvalue weighted by atomic mass is 79.9. The molecule has 124 valence electrons. The Morgan fingerprint density at radius 2 is 1.95 bits per heavy atom. The lowest BCUT2D eigenvalue weighted by Gasteiger charge is -2.31. The molecule has 0 radical (unpaired) electrons. The molecule has 0 saturated carbocycles. The maximum atomic E-state index is 12.1. The van der Waals surface area contributed by atoms with E-state index in [1.807, 2.05) is 19.1 Å². The Kier molecular flexibility index (Phi) is 7.45. The van der Waals surface area contributed by atoms with Crippen molar-refractivity contribution in [2.75, 3.05) is 27.3 Å². The van der Waals surface area contributed by atoms with Gasteiger partial charge in [0.05, 0.1) is 14.2 Å². The van der Waals surface area contributed by atoms with E-state index < -0.39 is 0 Å². The normalized spacial score (nSPS) is 15.3. The van der Waals surface area contributed by atoms with Crippen LogP contribution >= 0.6 is 28.3 Å². The smallest absolute Gasteiger partial charge is 0.223 e. The van der Waals surface area contributed by atoms with Crippen LogP contribution in [0.5, 0.6) is 11.5 Å². The molecule has 7 heteroatoms. The highest BCUT2D eigenvalue weighted by Gasteiger charge is 2.28. The van der Waals surface area contributed by atoms with Crippen molar-refractivity contribution in [1.82, 2.24) is 10.6 Å². The molecule has 1 fully saturated rings. The molecule has 1 atom stereocenters. The highest BCUT2D eigenvalue weighted by Crippen LogP contribution is 2.33. The standard InChI is InChI=1S/C15H21BrN2O3.ClH/c1-9(11-6-17-7-11)15(19)18-8-10-4-13(20-2)14(21-3)5-12(10)16;/h4-5,9,11,17H,6-8H2,1-3H3,(H,18,19);1H. The van der Waals surface area contributed by atoms with Gasteiger partial charge in [0.25, 0.3) is 0 Å². The molecule has 1 amide bonds. The number of halogens is 2. The summed E-state index contributed by atoms with van der Waals surface area (Å²) in [6.45, 7) is 4.29. The van der Waals surface area contributed by atoms with E-state index in [9.17, 15) is 4.79 Å². The molecule has 1 heterocycles. The number of amides is 1. The predicted octanol–water partition coefficient (Wildman–Crippen LogP) is 2.36. The van der Waals surface area contributed by atoms with E-state index in [1.165, 1.54) is 0 Å². The number of carbonyl (C=O) groups excluding carboxylic acids is 1. The third-order valence-electron chi connectivity index (χ3n) is 3.94. The van der Waals surface area contributed by atoms with Crippen molar-refractivity contribution in [3.05, 3.63) is 22.2 Å². The zero-order valence-electron chi connectivity index (χ0n) is 12.9. The molecule has 1 aliphatic rings.